The van der Waals surface area contributed by atoms with E-state index in [-0.39, 0.29) is 0 Å². The molecule has 55 heavy (non-hydrogen) atoms. The molecule has 0 aliphatic carbocycles. The molecule has 12 aromatic rings. The van der Waals surface area contributed by atoms with Crippen molar-refractivity contribution in [2.45, 2.75) is 0 Å². The van der Waals surface area contributed by atoms with Gasteiger partial charge in [-0.15, -0.1) is 0 Å². The molecule has 0 fully saturated rings. The third kappa shape index (κ3) is 4.39. The number of furan rings is 1. The number of para-hydroxylation sites is 3. The largest absolute Gasteiger partial charge is 0.456 e. The second-order valence-electron chi connectivity index (χ2n) is 14.0. The van der Waals surface area contributed by atoms with Crippen LogP contribution in [0.25, 0.3) is 111 Å². The lowest BCUT2D eigenvalue weighted by atomic mass is 10.0. The maximum absolute atomic E-state index is 6.36. The molecule has 0 saturated heterocycles. The van der Waals surface area contributed by atoms with Crippen LogP contribution in [0.5, 0.6) is 0 Å². The predicted octanol–water partition coefficient (Wildman–Crippen LogP) is 12.5. The first-order chi connectivity index (χ1) is 27.3. The van der Waals surface area contributed by atoms with Crippen LogP contribution in [0, 0.1) is 0 Å². The van der Waals surface area contributed by atoms with Gasteiger partial charge in [-0.3, -0.25) is 4.57 Å². The highest BCUT2D eigenvalue weighted by Gasteiger charge is 2.23. The minimum absolute atomic E-state index is 0.559. The molecule has 256 valence electrons. The van der Waals surface area contributed by atoms with Gasteiger partial charge in [0.05, 0.1) is 22.1 Å². The van der Waals surface area contributed by atoms with Gasteiger partial charge in [-0.25, -0.2) is 4.98 Å². The molecule has 6 nitrogen and oxygen atoms in total. The number of aromatic nitrogens is 5. The summed E-state index contributed by atoms with van der Waals surface area (Å²) in [4.78, 5) is 15.7. The number of hydrogen-bond acceptors (Lipinski definition) is 4. The van der Waals surface area contributed by atoms with Crippen molar-refractivity contribution in [3.05, 3.63) is 176 Å². The Morgan fingerprint density at radius 3 is 1.69 bits per heavy atom. The van der Waals surface area contributed by atoms with Crippen molar-refractivity contribution >= 4 is 76.3 Å². The van der Waals surface area contributed by atoms with Crippen LogP contribution >= 0.6 is 0 Å². The minimum atomic E-state index is 0.559. The summed E-state index contributed by atoms with van der Waals surface area (Å²) >= 11 is 0. The highest BCUT2D eigenvalue weighted by molar-refractivity contribution is 6.29. The molecule has 0 radical (unpaired) electrons. The Labute approximate surface area is 314 Å². The van der Waals surface area contributed by atoms with E-state index in [1.807, 2.05) is 24.3 Å². The number of fused-ring (bicyclic) bond motifs is 12. The molecule has 0 spiro atoms. The fourth-order valence-electron chi connectivity index (χ4n) is 8.59. The van der Waals surface area contributed by atoms with Crippen LogP contribution in [0.2, 0.25) is 0 Å². The summed E-state index contributed by atoms with van der Waals surface area (Å²) in [6, 6.07) is 61.3. The van der Waals surface area contributed by atoms with Crippen molar-refractivity contribution in [2.75, 3.05) is 0 Å². The SMILES string of the molecule is c1ccc(-c2nc(-c3ccc4oc5ccc6ccccc6c5c4c3)nc(-n3c4ccccc4c4c5c6ccccc6n(-c6ccccc6)c5ccc43)n2)cc1. The van der Waals surface area contributed by atoms with Gasteiger partial charge >= 0.3 is 0 Å². The van der Waals surface area contributed by atoms with Gasteiger partial charge in [0.25, 0.3) is 0 Å². The average molecular weight is 704 g/mol. The first-order valence-corrected chi connectivity index (χ1v) is 18.5. The van der Waals surface area contributed by atoms with E-state index in [2.05, 4.69) is 161 Å². The zero-order chi connectivity index (χ0) is 36.0. The number of rotatable bonds is 4. The van der Waals surface area contributed by atoms with Crippen molar-refractivity contribution in [2.24, 2.45) is 0 Å². The topological polar surface area (TPSA) is 61.7 Å². The van der Waals surface area contributed by atoms with Crippen molar-refractivity contribution in [1.82, 2.24) is 24.1 Å². The standard InChI is InChI=1S/C49H29N5O/c1-3-14-31(15-4-1)47-50-48(32-24-27-42-37(29-32)44-34-18-8-7-13-30(34)23-28-43(44)55-42)52-49(51-47)54-39-22-12-10-20-36(39)46-41(54)26-25-40-45(46)35-19-9-11-21-38(35)53(40)33-16-5-2-6-17-33/h1-29H. The Kier molecular flexibility index (Phi) is 6.24. The zero-order valence-corrected chi connectivity index (χ0v) is 29.4. The van der Waals surface area contributed by atoms with Gasteiger partial charge in [0.1, 0.15) is 11.2 Å². The Balaban J connectivity index is 1.16. The molecule has 0 amide bonds. The first kappa shape index (κ1) is 29.9. The van der Waals surface area contributed by atoms with Crippen LogP contribution in [0.3, 0.4) is 0 Å². The number of nitrogens with zero attached hydrogens (tertiary/aromatic N) is 5. The van der Waals surface area contributed by atoms with Gasteiger partial charge in [0.15, 0.2) is 11.6 Å². The van der Waals surface area contributed by atoms with Gasteiger partial charge < -0.3 is 8.98 Å². The molecule has 0 unspecified atom stereocenters. The van der Waals surface area contributed by atoms with Crippen LogP contribution in [0.1, 0.15) is 0 Å². The summed E-state index contributed by atoms with van der Waals surface area (Å²) in [6.45, 7) is 0. The molecule has 12 rings (SSSR count). The highest BCUT2D eigenvalue weighted by atomic mass is 16.3. The summed E-state index contributed by atoms with van der Waals surface area (Å²) in [5.74, 6) is 1.76. The first-order valence-electron chi connectivity index (χ1n) is 18.5. The second kappa shape index (κ2) is 11.5. The lowest BCUT2D eigenvalue weighted by Crippen LogP contribution is -2.06. The summed E-state index contributed by atoms with van der Waals surface area (Å²) in [5, 5.41) is 9.15. The smallest absolute Gasteiger partial charge is 0.238 e. The quantitative estimate of drug-likeness (QED) is 0.183. The molecule has 0 atom stereocenters. The van der Waals surface area contributed by atoms with E-state index in [4.69, 9.17) is 19.4 Å². The summed E-state index contributed by atoms with van der Waals surface area (Å²) in [5.41, 5.74) is 8.99. The fourth-order valence-corrected chi connectivity index (χ4v) is 8.59. The average Bonchev–Trinajstić information content (AvgIpc) is 3.91. The summed E-state index contributed by atoms with van der Waals surface area (Å²) in [7, 11) is 0. The lowest BCUT2D eigenvalue weighted by Gasteiger charge is -2.11. The van der Waals surface area contributed by atoms with E-state index >= 15 is 0 Å². The molecule has 8 aromatic carbocycles. The van der Waals surface area contributed by atoms with Crippen molar-refractivity contribution in [3.8, 4) is 34.4 Å². The number of benzene rings is 8. The molecule has 0 aliphatic rings. The Morgan fingerprint density at radius 1 is 0.364 bits per heavy atom. The Bertz CT molecular complexity index is 3490. The van der Waals surface area contributed by atoms with Gasteiger partial charge in [-0.1, -0.05) is 115 Å². The fraction of sp³-hybridized carbons (Fsp3) is 0. The van der Waals surface area contributed by atoms with E-state index in [9.17, 15) is 0 Å². The van der Waals surface area contributed by atoms with Crippen molar-refractivity contribution in [1.29, 1.82) is 0 Å². The van der Waals surface area contributed by atoms with Crippen LogP contribution in [0.4, 0.5) is 0 Å². The Hall–Kier alpha value is -7.57. The van der Waals surface area contributed by atoms with Crippen LogP contribution in [0.15, 0.2) is 180 Å². The van der Waals surface area contributed by atoms with Crippen LogP contribution in [-0.4, -0.2) is 24.1 Å². The molecular formula is C49H29N5O. The highest BCUT2D eigenvalue weighted by Crippen LogP contribution is 2.42. The van der Waals surface area contributed by atoms with Gasteiger partial charge in [0.2, 0.25) is 5.95 Å². The van der Waals surface area contributed by atoms with E-state index in [1.54, 1.807) is 0 Å². The molecule has 4 heterocycles. The normalized spacial score (nSPS) is 12.0. The van der Waals surface area contributed by atoms with Gasteiger partial charge in [-0.2, -0.15) is 9.97 Å². The molecule has 6 heteroatoms. The number of hydrogen-bond donors (Lipinski definition) is 0. The molecule has 0 N–H and O–H groups in total. The maximum atomic E-state index is 6.36. The van der Waals surface area contributed by atoms with Crippen LogP contribution in [-0.2, 0) is 0 Å². The maximum Gasteiger partial charge on any atom is 0.238 e. The van der Waals surface area contributed by atoms with Crippen LogP contribution < -0.4 is 0 Å². The van der Waals surface area contributed by atoms with E-state index < -0.39 is 0 Å². The molecule has 4 aromatic heterocycles. The summed E-state index contributed by atoms with van der Waals surface area (Å²) in [6.07, 6.45) is 0. The van der Waals surface area contributed by atoms with E-state index in [1.165, 1.54) is 21.5 Å². The molecule has 0 aliphatic heterocycles. The molecular weight excluding hydrogens is 675 g/mol. The molecule has 0 bridgehead atoms. The summed E-state index contributed by atoms with van der Waals surface area (Å²) < 4.78 is 10.9. The third-order valence-corrected chi connectivity index (χ3v) is 11.0. The van der Waals surface area contributed by atoms with E-state index in [0.717, 1.165) is 71.6 Å². The minimum Gasteiger partial charge on any atom is -0.456 e. The second-order valence-corrected chi connectivity index (χ2v) is 14.0. The molecule has 0 saturated carbocycles. The third-order valence-electron chi connectivity index (χ3n) is 11.0. The van der Waals surface area contributed by atoms with Crippen molar-refractivity contribution < 1.29 is 4.42 Å². The lowest BCUT2D eigenvalue weighted by molar-refractivity contribution is 0.669. The predicted molar refractivity (Wildman–Crippen MR) is 224 cm³/mol. The zero-order valence-electron chi connectivity index (χ0n) is 29.4. The monoisotopic (exact) mass is 703 g/mol. The van der Waals surface area contributed by atoms with Crippen molar-refractivity contribution in [3.63, 3.8) is 0 Å². The van der Waals surface area contributed by atoms with Gasteiger partial charge in [-0.05, 0) is 71.4 Å². The van der Waals surface area contributed by atoms with E-state index in [0.29, 0.717) is 17.6 Å². The van der Waals surface area contributed by atoms with Gasteiger partial charge in [0, 0.05) is 49.1 Å². The Morgan fingerprint density at radius 2 is 0.945 bits per heavy atom.